The van der Waals surface area contributed by atoms with Gasteiger partial charge in [-0.15, -0.1) is 13.2 Å². The van der Waals surface area contributed by atoms with Crippen LogP contribution in [-0.2, 0) is 28.7 Å². The Balaban J connectivity index is 1.63. The summed E-state index contributed by atoms with van der Waals surface area (Å²) in [4.78, 5) is 58.2. The van der Waals surface area contributed by atoms with Crippen LogP contribution >= 0.6 is 0 Å². The van der Waals surface area contributed by atoms with E-state index in [1.807, 2.05) is 37.3 Å². The van der Waals surface area contributed by atoms with E-state index in [2.05, 4.69) is 18.5 Å². The minimum atomic E-state index is -1.16. The van der Waals surface area contributed by atoms with E-state index < -0.39 is 47.7 Å². The number of fused-ring (bicyclic) bond motifs is 1. The van der Waals surface area contributed by atoms with E-state index in [9.17, 15) is 24.3 Å². The fourth-order valence-electron chi connectivity index (χ4n) is 7.09. The van der Waals surface area contributed by atoms with E-state index in [0.29, 0.717) is 44.3 Å². The average Bonchev–Trinajstić information content (AvgIpc) is 3.67. The summed E-state index contributed by atoms with van der Waals surface area (Å²) in [6.07, 6.45) is 5.75. The minimum Gasteiger partial charge on any atom is -0.455 e. The normalized spacial score (nSPS) is 26.5. The molecule has 2 N–H and O–H groups in total. The van der Waals surface area contributed by atoms with Crippen molar-refractivity contribution in [1.29, 1.82) is 0 Å². The van der Waals surface area contributed by atoms with Gasteiger partial charge in [-0.05, 0) is 44.6 Å². The van der Waals surface area contributed by atoms with E-state index in [0.717, 1.165) is 12.8 Å². The number of hydrogen-bond acceptors (Lipinski definition) is 7. The smallest absolute Gasteiger partial charge is 0.313 e. The van der Waals surface area contributed by atoms with E-state index in [4.69, 9.17) is 9.47 Å². The highest BCUT2D eigenvalue weighted by Crippen LogP contribution is 2.59. The summed E-state index contributed by atoms with van der Waals surface area (Å²) in [5, 5.41) is 12.5. The fourth-order valence-corrected chi connectivity index (χ4v) is 7.09. The van der Waals surface area contributed by atoms with E-state index in [1.54, 1.807) is 24.0 Å². The van der Waals surface area contributed by atoms with Crippen molar-refractivity contribution >= 4 is 23.7 Å². The molecule has 3 aliphatic heterocycles. The van der Waals surface area contributed by atoms with Crippen LogP contribution in [0.25, 0.3) is 0 Å². The lowest BCUT2D eigenvalue weighted by Gasteiger charge is -2.36. The lowest BCUT2D eigenvalue weighted by atomic mass is 9.70. The second kappa shape index (κ2) is 15.0. The number of hydrogen-bond donors (Lipinski definition) is 2. The Labute approximate surface area is 260 Å². The number of rotatable bonds is 17. The number of ether oxygens (including phenoxy) is 2. The minimum absolute atomic E-state index is 0.140. The molecule has 0 saturated carbocycles. The first-order valence-electron chi connectivity index (χ1n) is 15.9. The highest BCUT2D eigenvalue weighted by atomic mass is 16.6. The van der Waals surface area contributed by atoms with Gasteiger partial charge in [0.2, 0.25) is 17.7 Å². The zero-order chi connectivity index (χ0) is 31.9. The number of benzene rings is 1. The summed E-state index contributed by atoms with van der Waals surface area (Å²) >= 11 is 0. The van der Waals surface area contributed by atoms with Gasteiger partial charge in [0.15, 0.2) is 0 Å². The zero-order valence-corrected chi connectivity index (χ0v) is 26.0. The molecule has 0 aromatic heterocycles. The third-order valence-electron chi connectivity index (χ3n) is 9.10. The summed E-state index contributed by atoms with van der Waals surface area (Å²) in [6, 6.07) is 7.74. The average molecular weight is 610 g/mol. The summed E-state index contributed by atoms with van der Waals surface area (Å²) in [5.74, 6) is -3.09. The zero-order valence-electron chi connectivity index (χ0n) is 26.0. The molecule has 1 aromatic carbocycles. The topological polar surface area (TPSA) is 125 Å². The fraction of sp³-hybridized carbons (Fsp3) is 0.588. The summed E-state index contributed by atoms with van der Waals surface area (Å²) in [6.45, 7) is 12.2. The molecule has 3 heterocycles. The van der Waals surface area contributed by atoms with Crippen LogP contribution in [0.3, 0.4) is 0 Å². The Bertz CT molecular complexity index is 1210. The highest BCUT2D eigenvalue weighted by Gasteiger charge is 2.75. The molecule has 240 valence electrons. The molecule has 0 unspecified atom stereocenters. The van der Waals surface area contributed by atoms with E-state index in [-0.39, 0.29) is 37.3 Å². The van der Waals surface area contributed by atoms with Gasteiger partial charge < -0.3 is 29.7 Å². The molecule has 10 heteroatoms. The molecule has 3 saturated heterocycles. The van der Waals surface area contributed by atoms with Crippen molar-refractivity contribution in [2.75, 3.05) is 26.2 Å². The predicted molar refractivity (Wildman–Crippen MR) is 165 cm³/mol. The number of aliphatic hydroxyl groups is 1. The van der Waals surface area contributed by atoms with Gasteiger partial charge in [-0.2, -0.15) is 0 Å². The molecule has 3 fully saturated rings. The maximum absolute atomic E-state index is 14.2. The van der Waals surface area contributed by atoms with Gasteiger partial charge >= 0.3 is 5.97 Å². The number of amides is 3. The summed E-state index contributed by atoms with van der Waals surface area (Å²) < 4.78 is 12.7. The predicted octanol–water partition coefficient (Wildman–Crippen LogP) is 3.31. The maximum Gasteiger partial charge on any atom is 0.313 e. The van der Waals surface area contributed by atoms with Gasteiger partial charge in [-0.3, -0.25) is 19.2 Å². The first-order chi connectivity index (χ1) is 21.2. The standard InChI is InChI=1S/C34H47N3O7/c1-5-8-16-26(39)35-23(4)29(24-14-11-10-12-15-24)43-33(42)27-25-17-18-34(44-25)28(27)31(40)37(21-13-22-38)30(34)32(41)36(19-7-3)20-9-6-2/h5,7,10-12,14-15,23,25,27-30,38H,1,3,6,8-9,13,16-22H2,2,4H3,(H,35,39)/t23-,25+,27-,28-,29-,30+,34-/m0/s1. The Morgan fingerprint density at radius 3 is 2.64 bits per heavy atom. The third-order valence-corrected chi connectivity index (χ3v) is 9.10. The van der Waals surface area contributed by atoms with Gasteiger partial charge in [0, 0.05) is 32.7 Å². The van der Waals surface area contributed by atoms with Crippen LogP contribution in [0.2, 0.25) is 0 Å². The molecule has 3 aliphatic rings. The number of allylic oxidation sites excluding steroid dienone is 1. The Hall–Kier alpha value is -3.50. The van der Waals surface area contributed by atoms with Crippen molar-refractivity contribution in [3.05, 3.63) is 61.2 Å². The van der Waals surface area contributed by atoms with E-state index in [1.165, 1.54) is 4.90 Å². The van der Waals surface area contributed by atoms with Crippen LogP contribution in [-0.4, -0.2) is 88.6 Å². The first-order valence-corrected chi connectivity index (χ1v) is 15.9. The first kappa shape index (κ1) is 33.4. The number of aliphatic hydroxyl groups excluding tert-OH is 1. The molecule has 0 aliphatic carbocycles. The summed E-state index contributed by atoms with van der Waals surface area (Å²) in [5.41, 5.74) is -0.446. The molecule has 10 nitrogen and oxygen atoms in total. The van der Waals surface area contributed by atoms with Crippen molar-refractivity contribution in [2.45, 2.75) is 88.7 Å². The van der Waals surface area contributed by atoms with Crippen LogP contribution in [0, 0.1) is 11.8 Å². The van der Waals surface area contributed by atoms with Gasteiger partial charge in [-0.1, -0.05) is 55.8 Å². The number of nitrogens with one attached hydrogen (secondary N) is 1. The molecular formula is C34H47N3O7. The van der Waals surface area contributed by atoms with E-state index >= 15 is 0 Å². The van der Waals surface area contributed by atoms with Gasteiger partial charge in [0.25, 0.3) is 0 Å². The van der Waals surface area contributed by atoms with Crippen molar-refractivity contribution in [2.24, 2.45) is 11.8 Å². The van der Waals surface area contributed by atoms with Crippen molar-refractivity contribution in [3.8, 4) is 0 Å². The van der Waals surface area contributed by atoms with Gasteiger partial charge in [0.05, 0.1) is 24.0 Å². The largest absolute Gasteiger partial charge is 0.455 e. The number of nitrogens with zero attached hydrogens (tertiary/aromatic N) is 2. The number of unbranched alkanes of at least 4 members (excludes halogenated alkanes) is 1. The monoisotopic (exact) mass is 609 g/mol. The third kappa shape index (κ3) is 6.61. The molecule has 4 rings (SSSR count). The lowest BCUT2D eigenvalue weighted by molar-refractivity contribution is -0.162. The van der Waals surface area contributed by atoms with Crippen LogP contribution < -0.4 is 5.32 Å². The second-order valence-electron chi connectivity index (χ2n) is 12.0. The SMILES string of the molecule is C=CCCC(=O)N[C@@H](C)[C@H](OC(=O)[C@@H]1[C@H]2C(=O)N(CCCO)[C@H](C(=O)N(CC=C)CCCC)[C@]23CC[C@H]1O3)c1ccccc1. The summed E-state index contributed by atoms with van der Waals surface area (Å²) in [7, 11) is 0. The molecule has 2 bridgehead atoms. The number of likely N-dealkylation sites (tertiary alicyclic amines) is 1. The Morgan fingerprint density at radius 2 is 1.98 bits per heavy atom. The van der Waals surface area contributed by atoms with Crippen LogP contribution in [0.4, 0.5) is 0 Å². The molecule has 7 atom stereocenters. The van der Waals surface area contributed by atoms with Crippen molar-refractivity contribution < 1.29 is 33.8 Å². The number of carbonyl (C=O) groups excluding carboxylic acids is 4. The molecule has 3 amide bonds. The highest BCUT2D eigenvalue weighted by molar-refractivity contribution is 5.98. The van der Waals surface area contributed by atoms with Gasteiger partial charge in [0.1, 0.15) is 17.7 Å². The second-order valence-corrected chi connectivity index (χ2v) is 12.0. The van der Waals surface area contributed by atoms with Gasteiger partial charge in [-0.25, -0.2) is 0 Å². The Kier molecular flexibility index (Phi) is 11.4. The molecule has 44 heavy (non-hydrogen) atoms. The Morgan fingerprint density at radius 1 is 1.23 bits per heavy atom. The quantitative estimate of drug-likeness (QED) is 0.205. The van der Waals surface area contributed by atoms with Crippen molar-refractivity contribution in [1.82, 2.24) is 15.1 Å². The molecule has 1 aromatic rings. The maximum atomic E-state index is 14.2. The van der Waals surface area contributed by atoms with Crippen LogP contribution in [0.1, 0.15) is 70.5 Å². The molecule has 0 radical (unpaired) electrons. The number of esters is 1. The van der Waals surface area contributed by atoms with Crippen LogP contribution in [0.15, 0.2) is 55.6 Å². The number of carbonyl (C=O) groups is 4. The van der Waals surface area contributed by atoms with Crippen molar-refractivity contribution in [3.63, 3.8) is 0 Å². The lowest BCUT2D eigenvalue weighted by Crippen LogP contribution is -2.56. The molecule has 1 spiro atoms. The van der Waals surface area contributed by atoms with Crippen LogP contribution in [0.5, 0.6) is 0 Å². The molecular weight excluding hydrogens is 562 g/mol.